The van der Waals surface area contributed by atoms with Crippen LogP contribution in [0.2, 0.25) is 0 Å². The maximum Gasteiger partial charge on any atom is 0.223 e. The average molecular weight is 330 g/mol. The van der Waals surface area contributed by atoms with E-state index in [9.17, 15) is 4.79 Å². The van der Waals surface area contributed by atoms with Crippen LogP contribution in [0.3, 0.4) is 0 Å². The minimum Gasteiger partial charge on any atom is -0.356 e. The van der Waals surface area contributed by atoms with Gasteiger partial charge in [0, 0.05) is 17.2 Å². The normalized spacial score (nSPS) is 14.3. The van der Waals surface area contributed by atoms with Crippen molar-refractivity contribution in [1.29, 1.82) is 0 Å². The molecule has 124 valence electrons. The van der Waals surface area contributed by atoms with Crippen LogP contribution in [0.25, 0.3) is 10.1 Å². The lowest BCUT2D eigenvalue weighted by atomic mass is 10.0. The molecular weight excluding hydrogens is 302 g/mol. The fraction of sp³-hybridized carbons (Fsp3) is 0.550. The second kappa shape index (κ2) is 7.96. The summed E-state index contributed by atoms with van der Waals surface area (Å²) in [6.45, 7) is 3.02. The summed E-state index contributed by atoms with van der Waals surface area (Å²) >= 11 is 1.82. The van der Waals surface area contributed by atoms with Crippen molar-refractivity contribution in [3.63, 3.8) is 0 Å². The summed E-state index contributed by atoms with van der Waals surface area (Å²) < 4.78 is 1.37. The number of hydrogen-bond donors (Lipinski definition) is 1. The molecule has 1 amide bonds. The minimum atomic E-state index is 0.251. The van der Waals surface area contributed by atoms with Gasteiger partial charge in [0.2, 0.25) is 5.91 Å². The Bertz CT molecular complexity index is 657. The molecule has 0 unspecified atom stereocenters. The number of rotatable bonds is 9. The molecule has 3 heteroatoms. The first-order chi connectivity index (χ1) is 11.3. The van der Waals surface area contributed by atoms with E-state index >= 15 is 0 Å². The van der Waals surface area contributed by atoms with E-state index in [4.69, 9.17) is 0 Å². The van der Waals surface area contributed by atoms with E-state index < -0.39 is 0 Å². The van der Waals surface area contributed by atoms with Gasteiger partial charge in [0.1, 0.15) is 0 Å². The Morgan fingerprint density at radius 2 is 2.09 bits per heavy atom. The van der Waals surface area contributed by atoms with Gasteiger partial charge in [-0.1, -0.05) is 38.3 Å². The first-order valence-corrected chi connectivity index (χ1v) is 9.92. The Kier molecular flexibility index (Phi) is 5.71. The molecule has 23 heavy (non-hydrogen) atoms. The topological polar surface area (TPSA) is 29.1 Å². The van der Waals surface area contributed by atoms with Crippen molar-refractivity contribution < 1.29 is 4.79 Å². The van der Waals surface area contributed by atoms with Crippen LogP contribution in [-0.4, -0.2) is 12.5 Å². The SMILES string of the molecule is CCCCCCc1ccc2scc(CCNC(=O)C3CC3)c2c1. The molecule has 1 aliphatic carbocycles. The summed E-state index contributed by atoms with van der Waals surface area (Å²) in [6.07, 6.45) is 9.53. The van der Waals surface area contributed by atoms with Gasteiger partial charge in [0.25, 0.3) is 0 Å². The number of aryl methyl sites for hydroxylation is 1. The Balaban J connectivity index is 1.57. The van der Waals surface area contributed by atoms with Crippen molar-refractivity contribution in [2.75, 3.05) is 6.54 Å². The Morgan fingerprint density at radius 1 is 1.22 bits per heavy atom. The number of amides is 1. The van der Waals surface area contributed by atoms with E-state index in [2.05, 4.69) is 35.8 Å². The van der Waals surface area contributed by atoms with Crippen LogP contribution in [0, 0.1) is 5.92 Å². The molecule has 1 aromatic carbocycles. The molecule has 1 saturated carbocycles. The Morgan fingerprint density at radius 3 is 2.87 bits per heavy atom. The highest BCUT2D eigenvalue weighted by molar-refractivity contribution is 7.17. The summed E-state index contributed by atoms with van der Waals surface area (Å²) in [6, 6.07) is 6.92. The highest BCUT2D eigenvalue weighted by Crippen LogP contribution is 2.29. The van der Waals surface area contributed by atoms with Crippen LogP contribution in [0.1, 0.15) is 56.6 Å². The molecule has 3 rings (SSSR count). The fourth-order valence-corrected chi connectivity index (χ4v) is 4.02. The van der Waals surface area contributed by atoms with Gasteiger partial charge in [-0.25, -0.2) is 0 Å². The van der Waals surface area contributed by atoms with Gasteiger partial charge in [0.05, 0.1) is 0 Å². The van der Waals surface area contributed by atoms with Crippen molar-refractivity contribution in [1.82, 2.24) is 5.32 Å². The molecule has 1 heterocycles. The van der Waals surface area contributed by atoms with Crippen LogP contribution >= 0.6 is 11.3 Å². The molecular formula is C20H27NOS. The van der Waals surface area contributed by atoms with E-state index in [1.54, 1.807) is 0 Å². The monoisotopic (exact) mass is 329 g/mol. The lowest BCUT2D eigenvalue weighted by molar-refractivity contribution is -0.122. The summed E-state index contributed by atoms with van der Waals surface area (Å²) in [4.78, 5) is 11.7. The molecule has 1 N–H and O–H groups in total. The highest BCUT2D eigenvalue weighted by Gasteiger charge is 2.29. The molecule has 2 nitrogen and oxygen atoms in total. The summed E-state index contributed by atoms with van der Waals surface area (Å²) in [5.41, 5.74) is 2.84. The van der Waals surface area contributed by atoms with E-state index in [0.717, 1.165) is 25.8 Å². The van der Waals surface area contributed by atoms with Crippen molar-refractivity contribution in [3.05, 3.63) is 34.7 Å². The van der Waals surface area contributed by atoms with Gasteiger partial charge in [-0.15, -0.1) is 11.3 Å². The third-order valence-corrected chi connectivity index (χ3v) is 5.69. The maximum atomic E-state index is 11.7. The van der Waals surface area contributed by atoms with Gasteiger partial charge in [-0.2, -0.15) is 0 Å². The highest BCUT2D eigenvalue weighted by atomic mass is 32.1. The third kappa shape index (κ3) is 4.57. The van der Waals surface area contributed by atoms with E-state index in [1.807, 2.05) is 11.3 Å². The molecule has 0 bridgehead atoms. The average Bonchev–Trinajstić information content (AvgIpc) is 3.34. The molecule has 1 fully saturated rings. The van der Waals surface area contributed by atoms with Crippen LogP contribution in [-0.2, 0) is 17.6 Å². The van der Waals surface area contributed by atoms with Crippen molar-refractivity contribution in [2.45, 2.75) is 58.3 Å². The number of fused-ring (bicyclic) bond motifs is 1. The number of thiophene rings is 1. The lowest BCUT2D eigenvalue weighted by Crippen LogP contribution is -2.26. The zero-order chi connectivity index (χ0) is 16.1. The summed E-state index contributed by atoms with van der Waals surface area (Å²) in [7, 11) is 0. The smallest absolute Gasteiger partial charge is 0.223 e. The molecule has 2 aromatic rings. The van der Waals surface area contributed by atoms with E-state index in [-0.39, 0.29) is 5.91 Å². The van der Waals surface area contributed by atoms with Crippen molar-refractivity contribution in [2.24, 2.45) is 5.92 Å². The summed E-state index contributed by atoms with van der Waals surface area (Å²) in [5.74, 6) is 0.560. The second-order valence-corrected chi connectivity index (χ2v) is 7.63. The molecule has 0 spiro atoms. The number of hydrogen-bond acceptors (Lipinski definition) is 2. The van der Waals surface area contributed by atoms with Gasteiger partial charge in [-0.3, -0.25) is 4.79 Å². The van der Waals surface area contributed by atoms with E-state index in [0.29, 0.717) is 5.92 Å². The van der Waals surface area contributed by atoms with Crippen molar-refractivity contribution >= 4 is 27.3 Å². The van der Waals surface area contributed by atoms with Gasteiger partial charge in [-0.05, 0) is 60.1 Å². The largest absolute Gasteiger partial charge is 0.356 e. The van der Waals surface area contributed by atoms with Crippen LogP contribution in [0.5, 0.6) is 0 Å². The van der Waals surface area contributed by atoms with Gasteiger partial charge in [0.15, 0.2) is 0 Å². The maximum absolute atomic E-state index is 11.7. The number of benzene rings is 1. The quantitative estimate of drug-likeness (QED) is 0.638. The number of carbonyl (C=O) groups excluding carboxylic acids is 1. The Hall–Kier alpha value is -1.35. The van der Waals surface area contributed by atoms with Crippen LogP contribution in [0.15, 0.2) is 23.6 Å². The lowest BCUT2D eigenvalue weighted by Gasteiger charge is -2.05. The Labute approximate surface area is 143 Å². The number of unbranched alkanes of at least 4 members (excludes halogenated alkanes) is 3. The zero-order valence-electron chi connectivity index (χ0n) is 14.1. The summed E-state index contributed by atoms with van der Waals surface area (Å²) in [5, 5.41) is 6.73. The molecule has 1 aliphatic rings. The first kappa shape index (κ1) is 16.5. The fourth-order valence-electron chi connectivity index (χ4n) is 3.04. The molecule has 0 atom stereocenters. The molecule has 0 aliphatic heterocycles. The second-order valence-electron chi connectivity index (χ2n) is 6.72. The van der Waals surface area contributed by atoms with Crippen molar-refractivity contribution in [3.8, 4) is 0 Å². The molecule has 0 saturated heterocycles. The molecule has 1 aromatic heterocycles. The first-order valence-electron chi connectivity index (χ1n) is 9.04. The van der Waals surface area contributed by atoms with Crippen LogP contribution in [0.4, 0.5) is 0 Å². The standard InChI is InChI=1S/C20H27NOS/c1-2-3-4-5-6-15-7-10-19-18(13-15)17(14-23-19)11-12-21-20(22)16-8-9-16/h7,10,13-14,16H,2-6,8-9,11-12H2,1H3,(H,21,22). The number of nitrogens with one attached hydrogen (secondary N) is 1. The zero-order valence-corrected chi connectivity index (χ0v) is 14.9. The third-order valence-electron chi connectivity index (χ3n) is 4.68. The minimum absolute atomic E-state index is 0.251. The van der Waals surface area contributed by atoms with Gasteiger partial charge >= 0.3 is 0 Å². The van der Waals surface area contributed by atoms with Gasteiger partial charge < -0.3 is 5.32 Å². The number of carbonyl (C=O) groups is 1. The van der Waals surface area contributed by atoms with E-state index in [1.165, 1.54) is 53.3 Å². The predicted molar refractivity (Wildman–Crippen MR) is 99.1 cm³/mol. The predicted octanol–water partition coefficient (Wildman–Crippen LogP) is 5.09. The molecule has 0 radical (unpaired) electrons. The van der Waals surface area contributed by atoms with Crippen LogP contribution < -0.4 is 5.32 Å².